The van der Waals surface area contributed by atoms with Crippen LogP contribution in [-0.2, 0) is 24.2 Å². The molecule has 26 heavy (non-hydrogen) atoms. The van der Waals surface area contributed by atoms with Gasteiger partial charge in [0.25, 0.3) is 0 Å². The van der Waals surface area contributed by atoms with Crippen molar-refractivity contribution in [3.05, 3.63) is 71.1 Å². The summed E-state index contributed by atoms with van der Waals surface area (Å²) in [5, 5.41) is 3.70. The van der Waals surface area contributed by atoms with E-state index in [0.717, 1.165) is 41.3 Å². The molecular weight excluding hydrogens is 346 g/mol. The summed E-state index contributed by atoms with van der Waals surface area (Å²) in [4.78, 5) is 17.3. The van der Waals surface area contributed by atoms with Gasteiger partial charge in [0.15, 0.2) is 0 Å². The molecule has 0 radical (unpaired) electrons. The van der Waals surface area contributed by atoms with E-state index in [9.17, 15) is 4.79 Å². The summed E-state index contributed by atoms with van der Waals surface area (Å²) in [6.45, 7) is 1.02. The number of nitrogens with zero attached hydrogens (tertiary/aromatic N) is 2. The molecule has 1 N–H and O–H groups in total. The van der Waals surface area contributed by atoms with E-state index >= 15 is 0 Å². The van der Waals surface area contributed by atoms with E-state index in [4.69, 9.17) is 16.6 Å². The first-order valence-corrected chi connectivity index (χ1v) is 9.26. The van der Waals surface area contributed by atoms with E-state index < -0.39 is 0 Å². The SMILES string of the molecule is O=C(Cc1ccc(Cl)cc1)Nc1ccccc1-c1cn2c(n1)CCCC2. The van der Waals surface area contributed by atoms with Gasteiger partial charge < -0.3 is 9.88 Å². The summed E-state index contributed by atoms with van der Waals surface area (Å²) in [6.07, 6.45) is 5.81. The number of nitrogens with one attached hydrogen (secondary N) is 1. The molecule has 3 aromatic rings. The average Bonchev–Trinajstić information content (AvgIpc) is 3.08. The van der Waals surface area contributed by atoms with Crippen molar-refractivity contribution in [2.24, 2.45) is 0 Å². The van der Waals surface area contributed by atoms with Gasteiger partial charge >= 0.3 is 0 Å². The number of halogens is 1. The van der Waals surface area contributed by atoms with E-state index in [1.807, 2.05) is 36.4 Å². The number of hydrogen-bond acceptors (Lipinski definition) is 2. The van der Waals surface area contributed by atoms with Crippen LogP contribution < -0.4 is 5.32 Å². The van der Waals surface area contributed by atoms with Crippen molar-refractivity contribution in [1.29, 1.82) is 0 Å². The fourth-order valence-corrected chi connectivity index (χ4v) is 3.47. The van der Waals surface area contributed by atoms with Crippen molar-refractivity contribution in [3.63, 3.8) is 0 Å². The Labute approximate surface area is 157 Å². The molecule has 5 heteroatoms. The van der Waals surface area contributed by atoms with Crippen LogP contribution in [0.1, 0.15) is 24.2 Å². The lowest BCUT2D eigenvalue weighted by Crippen LogP contribution is -2.15. The highest BCUT2D eigenvalue weighted by molar-refractivity contribution is 6.30. The highest BCUT2D eigenvalue weighted by Crippen LogP contribution is 2.29. The molecule has 0 bridgehead atoms. The molecule has 0 spiro atoms. The first kappa shape index (κ1) is 16.9. The van der Waals surface area contributed by atoms with Crippen LogP contribution in [0, 0.1) is 0 Å². The van der Waals surface area contributed by atoms with Crippen molar-refractivity contribution in [2.75, 3.05) is 5.32 Å². The standard InChI is InChI=1S/C21H20ClN3O/c22-16-10-8-15(9-11-16)13-21(26)24-18-6-2-1-5-17(18)19-14-25-12-4-3-7-20(25)23-19/h1-2,5-6,8-11,14H,3-4,7,12-13H2,(H,24,26). The summed E-state index contributed by atoms with van der Waals surface area (Å²) in [6, 6.07) is 15.2. The molecule has 4 rings (SSSR count). The van der Waals surface area contributed by atoms with Crippen molar-refractivity contribution >= 4 is 23.2 Å². The molecule has 0 fully saturated rings. The number of aromatic nitrogens is 2. The van der Waals surface area contributed by atoms with Crippen LogP contribution in [0.2, 0.25) is 5.02 Å². The number of anilines is 1. The van der Waals surface area contributed by atoms with Gasteiger partial charge in [0.05, 0.1) is 17.8 Å². The third-order valence-corrected chi connectivity index (χ3v) is 4.92. The number of benzene rings is 2. The van der Waals surface area contributed by atoms with Crippen molar-refractivity contribution in [1.82, 2.24) is 9.55 Å². The molecule has 0 unspecified atom stereocenters. The van der Waals surface area contributed by atoms with E-state index in [1.54, 1.807) is 12.1 Å². The second-order valence-electron chi connectivity index (χ2n) is 6.59. The van der Waals surface area contributed by atoms with Gasteiger partial charge in [0.2, 0.25) is 5.91 Å². The quantitative estimate of drug-likeness (QED) is 0.727. The molecule has 132 valence electrons. The minimum absolute atomic E-state index is 0.0521. The van der Waals surface area contributed by atoms with Gasteiger partial charge in [0.1, 0.15) is 5.82 Å². The second kappa shape index (κ2) is 7.34. The number of hydrogen-bond donors (Lipinski definition) is 1. The minimum Gasteiger partial charge on any atom is -0.334 e. The Balaban J connectivity index is 1.55. The number of aryl methyl sites for hydroxylation is 2. The van der Waals surface area contributed by atoms with E-state index in [0.29, 0.717) is 11.4 Å². The Morgan fingerprint density at radius 3 is 2.73 bits per heavy atom. The van der Waals surface area contributed by atoms with Crippen LogP contribution >= 0.6 is 11.6 Å². The molecule has 1 aromatic heterocycles. The van der Waals surface area contributed by atoms with Gasteiger partial charge in [-0.1, -0.05) is 41.9 Å². The predicted octanol–water partition coefficient (Wildman–Crippen LogP) is 4.72. The molecule has 4 nitrogen and oxygen atoms in total. The number of para-hydroxylation sites is 1. The maximum Gasteiger partial charge on any atom is 0.228 e. The molecule has 1 aliphatic rings. The highest BCUT2D eigenvalue weighted by atomic mass is 35.5. The topological polar surface area (TPSA) is 46.9 Å². The number of carbonyl (C=O) groups is 1. The Morgan fingerprint density at radius 1 is 1.12 bits per heavy atom. The lowest BCUT2D eigenvalue weighted by molar-refractivity contribution is -0.115. The van der Waals surface area contributed by atoms with Crippen LogP contribution in [0.4, 0.5) is 5.69 Å². The summed E-state index contributed by atoms with van der Waals surface area (Å²) in [7, 11) is 0. The Kier molecular flexibility index (Phi) is 4.76. The number of fused-ring (bicyclic) bond motifs is 1. The number of amides is 1. The summed E-state index contributed by atoms with van der Waals surface area (Å²) >= 11 is 5.90. The average molecular weight is 366 g/mol. The molecule has 2 heterocycles. The minimum atomic E-state index is -0.0521. The fourth-order valence-electron chi connectivity index (χ4n) is 3.34. The Morgan fingerprint density at radius 2 is 1.92 bits per heavy atom. The van der Waals surface area contributed by atoms with Crippen LogP contribution in [0.25, 0.3) is 11.3 Å². The number of rotatable bonds is 4. The molecule has 0 saturated carbocycles. The molecule has 1 amide bonds. The number of carbonyl (C=O) groups excluding carboxylic acids is 1. The highest BCUT2D eigenvalue weighted by Gasteiger charge is 2.16. The van der Waals surface area contributed by atoms with Gasteiger partial charge in [-0.3, -0.25) is 4.79 Å². The normalized spacial score (nSPS) is 13.3. The van der Waals surface area contributed by atoms with Gasteiger partial charge in [-0.15, -0.1) is 0 Å². The van der Waals surface area contributed by atoms with E-state index in [-0.39, 0.29) is 5.91 Å². The van der Waals surface area contributed by atoms with Crippen molar-refractivity contribution in [3.8, 4) is 11.3 Å². The smallest absolute Gasteiger partial charge is 0.228 e. The summed E-state index contributed by atoms with van der Waals surface area (Å²) < 4.78 is 2.23. The zero-order valence-electron chi connectivity index (χ0n) is 14.4. The van der Waals surface area contributed by atoms with Gasteiger partial charge in [-0.2, -0.15) is 0 Å². The Hall–Kier alpha value is -2.59. The summed E-state index contributed by atoms with van der Waals surface area (Å²) in [5.41, 5.74) is 3.60. The van der Waals surface area contributed by atoms with Crippen LogP contribution in [-0.4, -0.2) is 15.5 Å². The fraction of sp³-hybridized carbons (Fsp3) is 0.238. The lowest BCUT2D eigenvalue weighted by atomic mass is 10.1. The maximum atomic E-state index is 12.5. The molecule has 0 aliphatic carbocycles. The molecule has 2 aromatic carbocycles. The third kappa shape index (κ3) is 3.65. The van der Waals surface area contributed by atoms with Crippen LogP contribution in [0.5, 0.6) is 0 Å². The van der Waals surface area contributed by atoms with Gasteiger partial charge in [-0.25, -0.2) is 4.98 Å². The zero-order chi connectivity index (χ0) is 17.9. The lowest BCUT2D eigenvalue weighted by Gasteiger charge is -2.11. The second-order valence-corrected chi connectivity index (χ2v) is 7.03. The summed E-state index contributed by atoms with van der Waals surface area (Å²) in [5.74, 6) is 1.08. The van der Waals surface area contributed by atoms with Gasteiger partial charge in [0, 0.05) is 29.7 Å². The molecule has 0 saturated heterocycles. The zero-order valence-corrected chi connectivity index (χ0v) is 15.2. The molecular formula is C21H20ClN3O. The van der Waals surface area contributed by atoms with Crippen molar-refractivity contribution < 1.29 is 4.79 Å². The largest absolute Gasteiger partial charge is 0.334 e. The Bertz CT molecular complexity index is 907. The van der Waals surface area contributed by atoms with Crippen molar-refractivity contribution in [2.45, 2.75) is 32.2 Å². The first-order valence-electron chi connectivity index (χ1n) is 8.89. The monoisotopic (exact) mass is 365 g/mol. The first-order chi connectivity index (χ1) is 12.7. The van der Waals surface area contributed by atoms with E-state index in [2.05, 4.69) is 16.1 Å². The maximum absolute atomic E-state index is 12.5. The predicted molar refractivity (Wildman–Crippen MR) is 104 cm³/mol. The molecule has 1 aliphatic heterocycles. The number of imidazole rings is 1. The van der Waals surface area contributed by atoms with Crippen LogP contribution in [0.3, 0.4) is 0 Å². The van der Waals surface area contributed by atoms with E-state index in [1.165, 1.54) is 12.8 Å². The van der Waals surface area contributed by atoms with Crippen LogP contribution in [0.15, 0.2) is 54.7 Å². The van der Waals surface area contributed by atoms with Gasteiger partial charge in [-0.05, 0) is 36.6 Å². The molecule has 0 atom stereocenters. The third-order valence-electron chi connectivity index (χ3n) is 4.66.